The zero-order valence-corrected chi connectivity index (χ0v) is 13.7. The number of aromatic nitrogens is 2. The lowest BCUT2D eigenvalue weighted by Gasteiger charge is -2.11. The summed E-state index contributed by atoms with van der Waals surface area (Å²) in [6, 6.07) is 13.3. The predicted molar refractivity (Wildman–Crippen MR) is 94.8 cm³/mol. The molecule has 3 rings (SSSR count). The summed E-state index contributed by atoms with van der Waals surface area (Å²) in [5, 5.41) is 9.78. The molecule has 0 aliphatic heterocycles. The van der Waals surface area contributed by atoms with Crippen molar-refractivity contribution in [1.82, 2.24) is 15.1 Å². The van der Waals surface area contributed by atoms with E-state index in [0.717, 1.165) is 0 Å². The van der Waals surface area contributed by atoms with Crippen LogP contribution >= 0.6 is 0 Å². The summed E-state index contributed by atoms with van der Waals surface area (Å²) in [6.45, 7) is 0. The molecule has 2 N–H and O–H groups in total. The van der Waals surface area contributed by atoms with E-state index >= 15 is 0 Å². The monoisotopic (exact) mass is 336 g/mol. The van der Waals surface area contributed by atoms with Crippen molar-refractivity contribution in [2.75, 3.05) is 19.4 Å². The second-order valence-electron chi connectivity index (χ2n) is 5.68. The topological polar surface area (TPSA) is 95.2 Å². The smallest absolute Gasteiger partial charge is 0.276 e. The van der Waals surface area contributed by atoms with Gasteiger partial charge in [-0.1, -0.05) is 18.2 Å². The fourth-order valence-corrected chi connectivity index (χ4v) is 2.43. The first-order chi connectivity index (χ1) is 12.0. The third kappa shape index (κ3) is 3.25. The van der Waals surface area contributed by atoms with Crippen molar-refractivity contribution in [3.63, 3.8) is 0 Å². The number of carbonyl (C=O) groups is 2. The zero-order chi connectivity index (χ0) is 18.0. The van der Waals surface area contributed by atoms with Crippen molar-refractivity contribution >= 4 is 28.3 Å². The predicted octanol–water partition coefficient (Wildman–Crippen LogP) is 1.88. The molecule has 0 fully saturated rings. The minimum Gasteiger partial charge on any atom is -0.345 e. The van der Waals surface area contributed by atoms with E-state index < -0.39 is 5.91 Å². The van der Waals surface area contributed by atoms with E-state index in [0.29, 0.717) is 22.0 Å². The van der Waals surface area contributed by atoms with E-state index in [4.69, 9.17) is 0 Å². The molecule has 2 aromatic carbocycles. The molecule has 0 bridgehead atoms. The largest absolute Gasteiger partial charge is 0.345 e. The van der Waals surface area contributed by atoms with Crippen LogP contribution in [0.5, 0.6) is 0 Å². The summed E-state index contributed by atoms with van der Waals surface area (Å²) in [6.07, 6.45) is 0. The second-order valence-corrected chi connectivity index (χ2v) is 5.68. The summed E-state index contributed by atoms with van der Waals surface area (Å²) in [4.78, 5) is 37.6. The lowest BCUT2D eigenvalue weighted by Crippen LogP contribution is -2.22. The fourth-order valence-electron chi connectivity index (χ4n) is 2.43. The van der Waals surface area contributed by atoms with Crippen LogP contribution in [-0.4, -0.2) is 41.0 Å². The van der Waals surface area contributed by atoms with Crippen LogP contribution in [0.3, 0.4) is 0 Å². The Bertz CT molecular complexity index is 1010. The van der Waals surface area contributed by atoms with E-state index in [1.165, 1.54) is 4.90 Å². The Kier molecular flexibility index (Phi) is 4.30. The third-order valence-corrected chi connectivity index (χ3v) is 3.71. The zero-order valence-electron chi connectivity index (χ0n) is 13.7. The van der Waals surface area contributed by atoms with Gasteiger partial charge in [-0.25, -0.2) is 5.10 Å². The first-order valence-electron chi connectivity index (χ1n) is 7.58. The SMILES string of the molecule is CN(C)C(=O)c1ccc(NC(=O)c2n[nH]c(=O)c3ccccc23)cc1. The van der Waals surface area contributed by atoms with E-state index in [1.54, 1.807) is 62.6 Å². The molecular weight excluding hydrogens is 320 g/mol. The van der Waals surface area contributed by atoms with Crippen molar-refractivity contribution in [3.05, 3.63) is 70.1 Å². The number of aromatic amines is 1. The van der Waals surface area contributed by atoms with Crippen LogP contribution in [-0.2, 0) is 0 Å². The average Bonchev–Trinajstić information content (AvgIpc) is 2.62. The fraction of sp³-hybridized carbons (Fsp3) is 0.111. The summed E-state index contributed by atoms with van der Waals surface area (Å²) in [5.74, 6) is -0.565. The molecule has 0 aliphatic rings. The Morgan fingerprint density at radius 2 is 1.64 bits per heavy atom. The molecule has 0 spiro atoms. The van der Waals surface area contributed by atoms with Gasteiger partial charge in [0.1, 0.15) is 0 Å². The van der Waals surface area contributed by atoms with Crippen LogP contribution < -0.4 is 10.9 Å². The van der Waals surface area contributed by atoms with Crippen LogP contribution in [0.25, 0.3) is 10.8 Å². The second kappa shape index (κ2) is 6.56. The summed E-state index contributed by atoms with van der Waals surface area (Å²) in [7, 11) is 3.34. The molecule has 0 atom stereocenters. The normalized spacial score (nSPS) is 10.5. The van der Waals surface area contributed by atoms with Gasteiger partial charge in [-0.3, -0.25) is 14.4 Å². The Morgan fingerprint density at radius 1 is 1.00 bits per heavy atom. The lowest BCUT2D eigenvalue weighted by atomic mass is 10.1. The number of hydrogen-bond acceptors (Lipinski definition) is 4. The molecule has 0 unspecified atom stereocenters. The maximum Gasteiger partial charge on any atom is 0.276 e. The van der Waals surface area contributed by atoms with Crippen LogP contribution in [0, 0.1) is 0 Å². The van der Waals surface area contributed by atoms with Gasteiger partial charge in [0.15, 0.2) is 5.69 Å². The Balaban J connectivity index is 1.87. The molecule has 1 heterocycles. The highest BCUT2D eigenvalue weighted by molar-refractivity contribution is 6.11. The maximum absolute atomic E-state index is 12.5. The highest BCUT2D eigenvalue weighted by atomic mass is 16.2. The number of fused-ring (bicyclic) bond motifs is 1. The van der Waals surface area contributed by atoms with Gasteiger partial charge in [0.2, 0.25) is 0 Å². The first-order valence-corrected chi connectivity index (χ1v) is 7.58. The Labute approximate surface area is 143 Å². The number of rotatable bonds is 3. The van der Waals surface area contributed by atoms with E-state index in [9.17, 15) is 14.4 Å². The quantitative estimate of drug-likeness (QED) is 0.763. The van der Waals surface area contributed by atoms with E-state index in [2.05, 4.69) is 15.5 Å². The van der Waals surface area contributed by atoms with Crippen LogP contribution in [0.4, 0.5) is 5.69 Å². The van der Waals surface area contributed by atoms with E-state index in [-0.39, 0.29) is 17.2 Å². The highest BCUT2D eigenvalue weighted by Crippen LogP contribution is 2.16. The molecule has 0 saturated heterocycles. The molecule has 0 aliphatic carbocycles. The number of nitrogens with one attached hydrogen (secondary N) is 2. The van der Waals surface area contributed by atoms with Crippen LogP contribution in [0.15, 0.2) is 53.3 Å². The van der Waals surface area contributed by atoms with Gasteiger partial charge >= 0.3 is 0 Å². The molecule has 1 aromatic heterocycles. The number of nitrogens with zero attached hydrogens (tertiary/aromatic N) is 2. The number of hydrogen-bond donors (Lipinski definition) is 2. The molecule has 7 heteroatoms. The molecular formula is C18H16N4O3. The number of anilines is 1. The molecule has 25 heavy (non-hydrogen) atoms. The van der Waals surface area contributed by atoms with Crippen molar-refractivity contribution in [2.45, 2.75) is 0 Å². The lowest BCUT2D eigenvalue weighted by molar-refractivity contribution is 0.0827. The molecule has 0 saturated carbocycles. The van der Waals surface area contributed by atoms with Crippen molar-refractivity contribution in [1.29, 1.82) is 0 Å². The van der Waals surface area contributed by atoms with Crippen molar-refractivity contribution in [2.24, 2.45) is 0 Å². The van der Waals surface area contributed by atoms with Crippen molar-refractivity contribution in [3.8, 4) is 0 Å². The van der Waals surface area contributed by atoms with E-state index in [1.807, 2.05) is 0 Å². The van der Waals surface area contributed by atoms with Gasteiger partial charge in [-0.05, 0) is 30.3 Å². The summed E-state index contributed by atoms with van der Waals surface area (Å²) >= 11 is 0. The van der Waals surface area contributed by atoms with Gasteiger partial charge in [-0.15, -0.1) is 0 Å². The number of benzene rings is 2. The van der Waals surface area contributed by atoms with Gasteiger partial charge in [-0.2, -0.15) is 5.10 Å². The Hall–Kier alpha value is -3.48. The number of amides is 2. The summed E-state index contributed by atoms with van der Waals surface area (Å²) < 4.78 is 0. The first kappa shape index (κ1) is 16.4. The molecule has 2 amide bonds. The minimum absolute atomic E-state index is 0.119. The van der Waals surface area contributed by atoms with Gasteiger partial charge in [0.05, 0.1) is 5.39 Å². The number of H-pyrrole nitrogens is 1. The number of carbonyl (C=O) groups excluding carboxylic acids is 2. The average molecular weight is 336 g/mol. The maximum atomic E-state index is 12.5. The van der Waals surface area contributed by atoms with Gasteiger partial charge in [0.25, 0.3) is 17.4 Å². The molecule has 3 aromatic rings. The van der Waals surface area contributed by atoms with Crippen LogP contribution in [0.2, 0.25) is 0 Å². The van der Waals surface area contributed by atoms with Gasteiger partial charge in [0, 0.05) is 30.7 Å². The minimum atomic E-state index is -0.445. The van der Waals surface area contributed by atoms with Crippen LogP contribution in [0.1, 0.15) is 20.8 Å². The standard InChI is InChI=1S/C18H16N4O3/c1-22(2)18(25)11-7-9-12(10-8-11)19-17(24)15-13-5-3-4-6-14(13)16(23)21-20-15/h3-10H,1-2H3,(H,19,24)(H,21,23). The van der Waals surface area contributed by atoms with Gasteiger partial charge < -0.3 is 10.2 Å². The highest BCUT2D eigenvalue weighted by Gasteiger charge is 2.14. The van der Waals surface area contributed by atoms with Crippen molar-refractivity contribution < 1.29 is 9.59 Å². The molecule has 0 radical (unpaired) electrons. The molecule has 126 valence electrons. The third-order valence-electron chi connectivity index (χ3n) is 3.71. The summed E-state index contributed by atoms with van der Waals surface area (Å²) in [5.41, 5.74) is 0.829. The Morgan fingerprint density at radius 3 is 2.28 bits per heavy atom. The molecule has 7 nitrogen and oxygen atoms in total.